The van der Waals surface area contributed by atoms with Crippen LogP contribution in [0.25, 0.3) is 0 Å². The Morgan fingerprint density at radius 3 is 2.82 bits per heavy atom. The number of benzene rings is 1. The number of hydrogen-bond donors (Lipinski definition) is 2. The lowest BCUT2D eigenvalue weighted by atomic mass is 10.1. The van der Waals surface area contributed by atoms with Gasteiger partial charge in [0.25, 0.3) is 0 Å². The van der Waals surface area contributed by atoms with Crippen molar-refractivity contribution in [3.63, 3.8) is 0 Å². The van der Waals surface area contributed by atoms with Crippen LogP contribution in [0.2, 0.25) is 0 Å². The maximum atomic E-state index is 11.4. The summed E-state index contributed by atoms with van der Waals surface area (Å²) < 4.78 is 0. The molecule has 0 aromatic heterocycles. The zero-order chi connectivity index (χ0) is 11.8. The molecule has 0 saturated heterocycles. The second kappa shape index (κ2) is 4.35. The summed E-state index contributed by atoms with van der Waals surface area (Å²) in [6, 6.07) is 5.63. The molecular formula is C13H16N2OS. The highest BCUT2D eigenvalue weighted by atomic mass is 32.2. The van der Waals surface area contributed by atoms with Gasteiger partial charge in [0.15, 0.2) is 0 Å². The molecule has 1 aromatic rings. The van der Waals surface area contributed by atoms with Crippen molar-refractivity contribution in [2.75, 3.05) is 5.32 Å². The molecule has 1 amide bonds. The Hall–Kier alpha value is -1.00. The van der Waals surface area contributed by atoms with Crippen LogP contribution in [-0.2, 0) is 4.79 Å². The molecule has 0 radical (unpaired) electrons. The molecule has 1 aliphatic heterocycles. The number of carbonyl (C=O) groups excluding carboxylic acids is 1. The molecule has 4 heteroatoms. The van der Waals surface area contributed by atoms with Crippen molar-refractivity contribution in [1.82, 2.24) is 0 Å². The summed E-state index contributed by atoms with van der Waals surface area (Å²) in [6.07, 6.45) is 5.33. The standard InChI is InChI=1S/C13H16N2OS/c14-12-10-6-5-9(7-11(10)15-13(12)16)17-8-3-1-2-4-8/h5-8,12H,1-4,14H2,(H,15,16). The summed E-state index contributed by atoms with van der Waals surface area (Å²) in [7, 11) is 0. The zero-order valence-electron chi connectivity index (χ0n) is 9.61. The summed E-state index contributed by atoms with van der Waals surface area (Å²) in [6.45, 7) is 0. The maximum absolute atomic E-state index is 11.4. The van der Waals surface area contributed by atoms with Crippen LogP contribution in [0.5, 0.6) is 0 Å². The van der Waals surface area contributed by atoms with Crippen molar-refractivity contribution >= 4 is 23.4 Å². The van der Waals surface area contributed by atoms with Crippen LogP contribution in [0.4, 0.5) is 5.69 Å². The van der Waals surface area contributed by atoms with E-state index < -0.39 is 6.04 Å². The molecule has 1 heterocycles. The van der Waals surface area contributed by atoms with Gasteiger partial charge in [-0.1, -0.05) is 18.9 Å². The van der Waals surface area contributed by atoms with E-state index in [0.717, 1.165) is 16.5 Å². The molecule has 17 heavy (non-hydrogen) atoms. The van der Waals surface area contributed by atoms with Crippen LogP contribution in [-0.4, -0.2) is 11.2 Å². The molecule has 1 atom stereocenters. The van der Waals surface area contributed by atoms with Crippen LogP contribution >= 0.6 is 11.8 Å². The van der Waals surface area contributed by atoms with Gasteiger partial charge in [0, 0.05) is 21.4 Å². The molecule has 1 aliphatic carbocycles. The lowest BCUT2D eigenvalue weighted by molar-refractivity contribution is -0.116. The smallest absolute Gasteiger partial charge is 0.245 e. The molecular weight excluding hydrogens is 232 g/mol. The number of rotatable bonds is 2. The Kier molecular flexibility index (Phi) is 2.84. The van der Waals surface area contributed by atoms with Gasteiger partial charge >= 0.3 is 0 Å². The summed E-state index contributed by atoms with van der Waals surface area (Å²) in [4.78, 5) is 12.7. The van der Waals surface area contributed by atoms with Gasteiger partial charge in [-0.2, -0.15) is 0 Å². The quantitative estimate of drug-likeness (QED) is 0.846. The minimum atomic E-state index is -0.490. The van der Waals surface area contributed by atoms with Crippen LogP contribution < -0.4 is 11.1 Å². The minimum Gasteiger partial charge on any atom is -0.324 e. The molecule has 90 valence electrons. The summed E-state index contributed by atoms with van der Waals surface area (Å²) in [5.41, 5.74) is 7.60. The number of carbonyl (C=O) groups is 1. The third-order valence-corrected chi connectivity index (χ3v) is 4.84. The van der Waals surface area contributed by atoms with E-state index in [9.17, 15) is 4.79 Å². The molecule has 2 aliphatic rings. The summed E-state index contributed by atoms with van der Waals surface area (Å²) in [5, 5.41) is 3.58. The van der Waals surface area contributed by atoms with E-state index in [1.807, 2.05) is 17.8 Å². The monoisotopic (exact) mass is 248 g/mol. The Bertz CT molecular complexity index is 455. The highest BCUT2D eigenvalue weighted by molar-refractivity contribution is 8.00. The van der Waals surface area contributed by atoms with Gasteiger partial charge in [-0.15, -0.1) is 11.8 Å². The number of hydrogen-bond acceptors (Lipinski definition) is 3. The van der Waals surface area contributed by atoms with Crippen molar-refractivity contribution in [2.45, 2.75) is 41.9 Å². The maximum Gasteiger partial charge on any atom is 0.245 e. The minimum absolute atomic E-state index is 0.0944. The largest absolute Gasteiger partial charge is 0.324 e. The Balaban J connectivity index is 1.80. The molecule has 0 spiro atoms. The van der Waals surface area contributed by atoms with Crippen molar-refractivity contribution in [3.05, 3.63) is 23.8 Å². The van der Waals surface area contributed by atoms with Gasteiger partial charge in [-0.3, -0.25) is 4.79 Å². The average Bonchev–Trinajstić information content (AvgIpc) is 2.89. The highest BCUT2D eigenvalue weighted by Crippen LogP contribution is 2.38. The third-order valence-electron chi connectivity index (χ3n) is 3.51. The zero-order valence-corrected chi connectivity index (χ0v) is 10.4. The third kappa shape index (κ3) is 2.07. The number of nitrogens with two attached hydrogens (primary N) is 1. The number of nitrogens with one attached hydrogen (secondary N) is 1. The van der Waals surface area contributed by atoms with E-state index in [-0.39, 0.29) is 5.91 Å². The van der Waals surface area contributed by atoms with Gasteiger partial charge in [-0.25, -0.2) is 0 Å². The van der Waals surface area contributed by atoms with Crippen LogP contribution in [0.1, 0.15) is 37.3 Å². The molecule has 3 rings (SSSR count). The molecule has 1 aromatic carbocycles. The Labute approximate surface area is 105 Å². The fourth-order valence-corrected chi connectivity index (χ4v) is 3.82. The fraction of sp³-hybridized carbons (Fsp3) is 0.462. The van der Waals surface area contributed by atoms with Crippen LogP contribution in [0, 0.1) is 0 Å². The number of amides is 1. The Morgan fingerprint density at radius 2 is 2.06 bits per heavy atom. The summed E-state index contributed by atoms with van der Waals surface area (Å²) in [5.74, 6) is -0.0944. The SMILES string of the molecule is NC1C(=O)Nc2cc(SC3CCCC3)ccc21. The number of anilines is 1. The van der Waals surface area contributed by atoms with Crippen molar-refractivity contribution in [3.8, 4) is 0 Å². The van der Waals surface area contributed by atoms with Gasteiger partial charge in [0.05, 0.1) is 0 Å². The average molecular weight is 248 g/mol. The van der Waals surface area contributed by atoms with Gasteiger partial charge in [0.1, 0.15) is 6.04 Å². The topological polar surface area (TPSA) is 55.1 Å². The molecule has 1 saturated carbocycles. The summed E-state index contributed by atoms with van der Waals surface area (Å²) >= 11 is 1.93. The molecule has 0 bridgehead atoms. The van der Waals surface area contributed by atoms with E-state index in [1.54, 1.807) is 0 Å². The predicted molar refractivity (Wildman–Crippen MR) is 70.1 cm³/mol. The van der Waals surface area contributed by atoms with E-state index in [4.69, 9.17) is 5.73 Å². The predicted octanol–water partition coefficient (Wildman–Crippen LogP) is 2.67. The molecule has 3 nitrogen and oxygen atoms in total. The second-order valence-electron chi connectivity index (χ2n) is 4.74. The van der Waals surface area contributed by atoms with Crippen molar-refractivity contribution in [1.29, 1.82) is 0 Å². The lowest BCUT2D eigenvalue weighted by Gasteiger charge is -2.10. The number of thioether (sulfide) groups is 1. The van der Waals surface area contributed by atoms with Crippen molar-refractivity contribution in [2.24, 2.45) is 5.73 Å². The van der Waals surface area contributed by atoms with E-state index in [2.05, 4.69) is 17.4 Å². The first-order valence-electron chi connectivity index (χ1n) is 6.11. The first kappa shape index (κ1) is 11.1. The lowest BCUT2D eigenvalue weighted by Crippen LogP contribution is -2.19. The fourth-order valence-electron chi connectivity index (χ4n) is 2.54. The second-order valence-corrected chi connectivity index (χ2v) is 6.11. The Morgan fingerprint density at radius 1 is 1.29 bits per heavy atom. The number of fused-ring (bicyclic) bond motifs is 1. The van der Waals surface area contributed by atoms with E-state index in [0.29, 0.717) is 0 Å². The van der Waals surface area contributed by atoms with Gasteiger partial charge in [-0.05, 0) is 25.0 Å². The van der Waals surface area contributed by atoms with E-state index in [1.165, 1.54) is 30.6 Å². The van der Waals surface area contributed by atoms with Crippen molar-refractivity contribution < 1.29 is 4.79 Å². The molecule has 1 unspecified atom stereocenters. The first-order valence-corrected chi connectivity index (χ1v) is 6.99. The molecule has 1 fully saturated rings. The molecule has 3 N–H and O–H groups in total. The normalized spacial score (nSPS) is 23.8. The highest BCUT2D eigenvalue weighted by Gasteiger charge is 2.27. The van der Waals surface area contributed by atoms with E-state index >= 15 is 0 Å². The van der Waals surface area contributed by atoms with Gasteiger partial charge < -0.3 is 11.1 Å². The van der Waals surface area contributed by atoms with Crippen LogP contribution in [0.3, 0.4) is 0 Å². The van der Waals surface area contributed by atoms with Gasteiger partial charge in [0.2, 0.25) is 5.91 Å². The van der Waals surface area contributed by atoms with Crippen LogP contribution in [0.15, 0.2) is 23.1 Å². The first-order chi connectivity index (χ1) is 8.24.